The Morgan fingerprint density at radius 2 is 2.54 bits per heavy atom. The molecule has 0 saturated carbocycles. The molecule has 1 heterocycles. The second kappa shape index (κ2) is 3.99. The molecule has 1 amide bonds. The van der Waals surface area contributed by atoms with E-state index in [1.807, 2.05) is 0 Å². The van der Waals surface area contributed by atoms with Crippen LogP contribution in [-0.4, -0.2) is 32.4 Å². The summed E-state index contributed by atoms with van der Waals surface area (Å²) in [5.74, 6) is 0.101. The second-order valence-electron chi connectivity index (χ2n) is 2.72. The van der Waals surface area contributed by atoms with Crippen molar-refractivity contribution in [2.24, 2.45) is 7.05 Å². The van der Waals surface area contributed by atoms with E-state index in [0.717, 1.165) is 0 Å². The van der Waals surface area contributed by atoms with E-state index >= 15 is 0 Å². The van der Waals surface area contributed by atoms with Gasteiger partial charge in [-0.3, -0.25) is 9.48 Å². The number of aliphatic hydroxyl groups is 1. The number of carbonyl (C=O) groups is 1. The van der Waals surface area contributed by atoms with Crippen LogP contribution < -0.4 is 5.32 Å². The first-order valence-electron chi connectivity index (χ1n) is 3.89. The lowest BCUT2D eigenvalue weighted by Crippen LogP contribution is -2.29. The Morgan fingerprint density at radius 3 is 3.00 bits per heavy atom. The zero-order chi connectivity index (χ0) is 9.84. The van der Waals surface area contributed by atoms with Gasteiger partial charge in [0, 0.05) is 7.05 Å². The molecular weight excluding hydrogens is 172 g/mol. The molecule has 72 valence electrons. The maximum absolute atomic E-state index is 10.8. The summed E-state index contributed by atoms with van der Waals surface area (Å²) in [6.07, 6.45) is 1.55. The third-order valence-electron chi connectivity index (χ3n) is 1.53. The van der Waals surface area contributed by atoms with Crippen LogP contribution in [0.5, 0.6) is 0 Å². The predicted octanol–water partition coefficient (Wildman–Crippen LogP) is -1.02. The van der Waals surface area contributed by atoms with E-state index in [0.29, 0.717) is 5.82 Å². The summed E-state index contributed by atoms with van der Waals surface area (Å²) in [4.78, 5) is 14.7. The monoisotopic (exact) mass is 184 g/mol. The molecule has 1 unspecified atom stereocenters. The number of aliphatic hydroxyl groups excluding tert-OH is 1. The van der Waals surface area contributed by atoms with E-state index < -0.39 is 12.5 Å². The molecule has 1 rings (SSSR count). The summed E-state index contributed by atoms with van der Waals surface area (Å²) in [6.45, 7) is 1.24. The number of nitrogens with one attached hydrogen (secondary N) is 1. The van der Waals surface area contributed by atoms with Crippen molar-refractivity contribution in [3.63, 3.8) is 0 Å². The molecule has 0 aliphatic carbocycles. The summed E-state index contributed by atoms with van der Waals surface area (Å²) in [6, 6.07) is -0.277. The largest absolute Gasteiger partial charge is 0.387 e. The molecule has 1 aromatic heterocycles. The molecule has 6 nitrogen and oxygen atoms in total. The lowest BCUT2D eigenvalue weighted by Gasteiger charge is -2.08. The Labute approximate surface area is 75.6 Å². The number of hydrogen-bond acceptors (Lipinski definition) is 4. The number of hydrogen-bond donors (Lipinski definition) is 2. The molecule has 0 radical (unpaired) electrons. The molecule has 0 saturated heterocycles. The maximum Gasteiger partial charge on any atom is 0.246 e. The number of nitrogens with zero attached hydrogens (tertiary/aromatic N) is 3. The highest BCUT2D eigenvalue weighted by molar-refractivity contribution is 5.77. The van der Waals surface area contributed by atoms with E-state index in [4.69, 9.17) is 5.11 Å². The van der Waals surface area contributed by atoms with E-state index in [1.54, 1.807) is 25.0 Å². The molecule has 13 heavy (non-hydrogen) atoms. The Morgan fingerprint density at radius 1 is 1.85 bits per heavy atom. The Kier molecular flexibility index (Phi) is 2.97. The molecule has 0 fully saturated rings. The fourth-order valence-corrected chi connectivity index (χ4v) is 0.906. The average Bonchev–Trinajstić information content (AvgIpc) is 2.51. The van der Waals surface area contributed by atoms with Crippen LogP contribution in [-0.2, 0) is 11.8 Å². The van der Waals surface area contributed by atoms with Gasteiger partial charge in [-0.15, -0.1) is 0 Å². The molecule has 6 heteroatoms. The van der Waals surface area contributed by atoms with E-state index in [9.17, 15) is 4.79 Å². The highest BCUT2D eigenvalue weighted by Crippen LogP contribution is 2.03. The van der Waals surface area contributed by atoms with Crippen molar-refractivity contribution >= 4 is 5.91 Å². The van der Waals surface area contributed by atoms with Gasteiger partial charge in [-0.25, -0.2) is 4.98 Å². The van der Waals surface area contributed by atoms with Crippen LogP contribution in [0, 0.1) is 0 Å². The van der Waals surface area contributed by atoms with Crippen LogP contribution >= 0.6 is 0 Å². The minimum absolute atomic E-state index is 0.277. The van der Waals surface area contributed by atoms with Gasteiger partial charge in [0.1, 0.15) is 12.9 Å². The van der Waals surface area contributed by atoms with Gasteiger partial charge in [0.2, 0.25) is 5.91 Å². The average molecular weight is 184 g/mol. The van der Waals surface area contributed by atoms with Crippen LogP contribution in [0.1, 0.15) is 18.8 Å². The molecule has 0 bridgehead atoms. The standard InChI is InChI=1S/C7H12N4O2/c1-5(9-6(13)3-12)7-8-4-11(2)10-7/h4-5,12H,3H2,1-2H3,(H,9,13). The highest BCUT2D eigenvalue weighted by atomic mass is 16.3. The number of aryl methyl sites for hydroxylation is 1. The Bertz CT molecular complexity index is 296. The number of carbonyl (C=O) groups excluding carboxylic acids is 1. The summed E-state index contributed by atoms with van der Waals surface area (Å²) in [5, 5.41) is 15.0. The van der Waals surface area contributed by atoms with Crippen molar-refractivity contribution in [1.82, 2.24) is 20.1 Å². The minimum atomic E-state index is -0.517. The molecular formula is C7H12N4O2. The molecule has 0 aliphatic rings. The summed E-state index contributed by atoms with van der Waals surface area (Å²) >= 11 is 0. The van der Waals surface area contributed by atoms with Crippen molar-refractivity contribution < 1.29 is 9.90 Å². The normalized spacial score (nSPS) is 12.5. The lowest BCUT2D eigenvalue weighted by molar-refractivity contribution is -0.124. The molecule has 1 aromatic rings. The van der Waals surface area contributed by atoms with E-state index in [-0.39, 0.29) is 6.04 Å². The first-order valence-corrected chi connectivity index (χ1v) is 3.89. The zero-order valence-electron chi connectivity index (χ0n) is 7.56. The van der Waals surface area contributed by atoms with Crippen LogP contribution in [0.2, 0.25) is 0 Å². The van der Waals surface area contributed by atoms with Gasteiger partial charge in [0.25, 0.3) is 0 Å². The van der Waals surface area contributed by atoms with Gasteiger partial charge in [0.05, 0.1) is 6.04 Å². The molecule has 2 N–H and O–H groups in total. The van der Waals surface area contributed by atoms with Crippen molar-refractivity contribution in [1.29, 1.82) is 0 Å². The summed E-state index contributed by atoms with van der Waals surface area (Å²) in [7, 11) is 1.75. The molecule has 0 spiro atoms. The van der Waals surface area contributed by atoms with Crippen molar-refractivity contribution in [3.05, 3.63) is 12.2 Å². The molecule has 1 atom stereocenters. The third-order valence-corrected chi connectivity index (χ3v) is 1.53. The lowest BCUT2D eigenvalue weighted by atomic mass is 10.3. The smallest absolute Gasteiger partial charge is 0.246 e. The van der Waals surface area contributed by atoms with Crippen molar-refractivity contribution in [2.45, 2.75) is 13.0 Å². The van der Waals surface area contributed by atoms with Gasteiger partial charge in [-0.05, 0) is 6.92 Å². The second-order valence-corrected chi connectivity index (χ2v) is 2.72. The Balaban J connectivity index is 2.58. The Hall–Kier alpha value is -1.43. The van der Waals surface area contributed by atoms with Gasteiger partial charge in [-0.1, -0.05) is 0 Å². The van der Waals surface area contributed by atoms with Crippen molar-refractivity contribution in [2.75, 3.05) is 6.61 Å². The summed E-state index contributed by atoms with van der Waals surface area (Å²) < 4.78 is 1.55. The van der Waals surface area contributed by atoms with Gasteiger partial charge in [-0.2, -0.15) is 5.10 Å². The highest BCUT2D eigenvalue weighted by Gasteiger charge is 2.11. The van der Waals surface area contributed by atoms with Crippen LogP contribution in [0.3, 0.4) is 0 Å². The van der Waals surface area contributed by atoms with Gasteiger partial charge in [0.15, 0.2) is 5.82 Å². The quantitative estimate of drug-likeness (QED) is 0.630. The molecule has 0 aromatic carbocycles. The van der Waals surface area contributed by atoms with Crippen LogP contribution in [0.15, 0.2) is 6.33 Å². The summed E-state index contributed by atoms with van der Waals surface area (Å²) in [5.41, 5.74) is 0. The molecule has 0 aliphatic heterocycles. The number of amides is 1. The third kappa shape index (κ3) is 2.51. The number of rotatable bonds is 3. The fourth-order valence-electron chi connectivity index (χ4n) is 0.906. The van der Waals surface area contributed by atoms with Crippen LogP contribution in [0.25, 0.3) is 0 Å². The van der Waals surface area contributed by atoms with Crippen molar-refractivity contribution in [3.8, 4) is 0 Å². The van der Waals surface area contributed by atoms with Gasteiger partial charge >= 0.3 is 0 Å². The fraction of sp³-hybridized carbons (Fsp3) is 0.571. The first kappa shape index (κ1) is 9.66. The number of aromatic nitrogens is 3. The van der Waals surface area contributed by atoms with E-state index in [1.165, 1.54) is 0 Å². The zero-order valence-corrected chi connectivity index (χ0v) is 7.56. The van der Waals surface area contributed by atoms with E-state index in [2.05, 4.69) is 15.4 Å². The topological polar surface area (TPSA) is 80.0 Å². The minimum Gasteiger partial charge on any atom is -0.387 e. The van der Waals surface area contributed by atoms with Crippen LogP contribution in [0.4, 0.5) is 0 Å². The van der Waals surface area contributed by atoms with Gasteiger partial charge < -0.3 is 10.4 Å². The predicted molar refractivity (Wildman–Crippen MR) is 44.6 cm³/mol. The maximum atomic E-state index is 10.8. The first-order chi connectivity index (χ1) is 6.13. The SMILES string of the molecule is CC(NC(=O)CO)c1ncn(C)n1.